The van der Waals surface area contributed by atoms with Crippen molar-refractivity contribution < 1.29 is 8.23 Å². The number of benzene rings is 3. The van der Waals surface area contributed by atoms with Crippen molar-refractivity contribution >= 4 is 61.5 Å². The van der Waals surface area contributed by atoms with Gasteiger partial charge in [0, 0.05) is 0 Å². The summed E-state index contributed by atoms with van der Waals surface area (Å²) in [6.45, 7) is 6.52. The van der Waals surface area contributed by atoms with Gasteiger partial charge in [-0.3, -0.25) is 0 Å². The Hall–Kier alpha value is -1.19. The van der Waals surface area contributed by atoms with E-state index in [1.54, 1.807) is 0 Å². The Kier molecular flexibility index (Phi) is 8.38. The minimum absolute atomic E-state index is 0.966. The quantitative estimate of drug-likeness (QED) is 0.203. The molecule has 0 amide bonds. The molecule has 3 rings (SSSR count). The predicted molar refractivity (Wildman–Crippen MR) is 141 cm³/mol. The first-order valence-corrected chi connectivity index (χ1v) is 19.1. The average molecular weight is 506 g/mol. The molecule has 0 N–H and O–H groups in total. The van der Waals surface area contributed by atoms with Gasteiger partial charge in [-0.1, -0.05) is 134 Å². The summed E-state index contributed by atoms with van der Waals surface area (Å²) >= 11 is 14.0. The Morgan fingerprint density at radius 2 is 0.871 bits per heavy atom. The van der Waals surface area contributed by atoms with E-state index in [0.29, 0.717) is 0 Å². The Labute approximate surface area is 199 Å². The van der Waals surface area contributed by atoms with Gasteiger partial charge in [0.2, 0.25) is 0 Å². The first-order chi connectivity index (χ1) is 14.9. The van der Waals surface area contributed by atoms with Crippen LogP contribution in [-0.4, -0.2) is 23.8 Å². The molecule has 7 heteroatoms. The SMILES string of the molecule is CC[Si](CC)(CC)O[Si](Cl)(Cl)O[Si](c1ccccc1)(c1ccccc1)c1ccccc1. The number of halogens is 2. The maximum absolute atomic E-state index is 7.02. The molecule has 3 aromatic rings. The van der Waals surface area contributed by atoms with Gasteiger partial charge < -0.3 is 8.23 Å². The van der Waals surface area contributed by atoms with Crippen LogP contribution < -0.4 is 15.6 Å². The number of hydrogen-bond donors (Lipinski definition) is 0. The summed E-state index contributed by atoms with van der Waals surface area (Å²) in [5, 5.41) is 3.31. The second-order valence-electron chi connectivity index (χ2n) is 7.69. The van der Waals surface area contributed by atoms with Crippen LogP contribution in [0.2, 0.25) is 18.1 Å². The lowest BCUT2D eigenvalue weighted by molar-refractivity contribution is 0.430. The van der Waals surface area contributed by atoms with Crippen LogP contribution in [0.3, 0.4) is 0 Å². The number of rotatable bonds is 10. The molecule has 0 heterocycles. The van der Waals surface area contributed by atoms with Crippen molar-refractivity contribution in [3.63, 3.8) is 0 Å². The van der Waals surface area contributed by atoms with E-state index in [0.717, 1.165) is 33.7 Å². The first kappa shape index (κ1) is 24.5. The minimum atomic E-state index is -3.52. The van der Waals surface area contributed by atoms with Crippen LogP contribution in [0.4, 0.5) is 0 Å². The zero-order valence-corrected chi connectivity index (χ0v) is 22.9. The molecule has 2 nitrogen and oxygen atoms in total. The maximum Gasteiger partial charge on any atom is 0.531 e. The third-order valence-electron chi connectivity index (χ3n) is 6.08. The van der Waals surface area contributed by atoms with E-state index in [-0.39, 0.29) is 0 Å². The van der Waals surface area contributed by atoms with Crippen LogP contribution in [-0.2, 0) is 8.23 Å². The molecule has 0 unspecified atom stereocenters. The van der Waals surface area contributed by atoms with Crippen molar-refractivity contribution in [1.29, 1.82) is 0 Å². The Morgan fingerprint density at radius 3 is 1.16 bits per heavy atom. The summed E-state index contributed by atoms with van der Waals surface area (Å²) < 4.78 is 13.6. The zero-order chi connectivity index (χ0) is 22.4. The molecule has 0 aliphatic rings. The lowest BCUT2D eigenvalue weighted by Crippen LogP contribution is -2.72. The van der Waals surface area contributed by atoms with Crippen molar-refractivity contribution in [2.75, 3.05) is 0 Å². The van der Waals surface area contributed by atoms with Gasteiger partial charge in [-0.25, -0.2) is 0 Å². The highest BCUT2D eigenvalue weighted by molar-refractivity contribution is 7.43. The largest absolute Gasteiger partial charge is 0.531 e. The van der Waals surface area contributed by atoms with Crippen LogP contribution in [0.25, 0.3) is 0 Å². The molecule has 0 aliphatic carbocycles. The third kappa shape index (κ3) is 5.42. The summed E-state index contributed by atoms with van der Waals surface area (Å²) in [5.41, 5.74) is 0. The van der Waals surface area contributed by atoms with Crippen molar-refractivity contribution in [2.24, 2.45) is 0 Å². The van der Waals surface area contributed by atoms with Gasteiger partial charge in [-0.2, -0.15) is 0 Å². The van der Waals surface area contributed by atoms with Crippen LogP contribution in [0.5, 0.6) is 0 Å². The second-order valence-corrected chi connectivity index (χ2v) is 21.4. The van der Waals surface area contributed by atoms with E-state index in [2.05, 4.69) is 57.2 Å². The summed E-state index contributed by atoms with van der Waals surface area (Å²) in [7, 11) is -8.58. The van der Waals surface area contributed by atoms with Gasteiger partial charge >= 0.3 is 7.18 Å². The second kappa shape index (κ2) is 10.6. The van der Waals surface area contributed by atoms with Gasteiger partial charge in [0.05, 0.1) is 0 Å². The molecule has 0 fully saturated rings. The molecule has 0 aliphatic heterocycles. The molecule has 31 heavy (non-hydrogen) atoms. The van der Waals surface area contributed by atoms with Crippen LogP contribution in [0.15, 0.2) is 91.0 Å². The molecular formula is C24H30Cl2O2Si3. The van der Waals surface area contributed by atoms with E-state index in [9.17, 15) is 0 Å². The van der Waals surface area contributed by atoms with Gasteiger partial charge in [-0.15, -0.1) is 0 Å². The van der Waals surface area contributed by atoms with E-state index < -0.39 is 23.8 Å². The summed E-state index contributed by atoms with van der Waals surface area (Å²) in [5.74, 6) is 0. The van der Waals surface area contributed by atoms with E-state index in [1.807, 2.05) is 54.6 Å². The summed E-state index contributed by atoms with van der Waals surface area (Å²) in [6.07, 6.45) is 0. The topological polar surface area (TPSA) is 18.5 Å². The molecule has 0 radical (unpaired) electrons. The Morgan fingerprint density at radius 1 is 0.548 bits per heavy atom. The standard InChI is InChI=1S/C24H30Cl2O2Si3/c1-4-29(5-2,6-3)27-31(25,26)28-30(22-16-10-7-11-17-22,23-18-12-8-13-19-23)24-20-14-9-15-21-24/h7-21H,4-6H2,1-3H3. The van der Waals surface area contributed by atoms with E-state index >= 15 is 0 Å². The Balaban J connectivity index is 2.21. The molecule has 3 aromatic carbocycles. The minimum Gasteiger partial charge on any atom is -0.414 e. The fourth-order valence-electron chi connectivity index (χ4n) is 4.11. The Bertz CT molecular complexity index is 832. The molecule has 0 bridgehead atoms. The van der Waals surface area contributed by atoms with Crippen molar-refractivity contribution in [3.05, 3.63) is 91.0 Å². The highest BCUT2D eigenvalue weighted by Crippen LogP contribution is 2.32. The monoisotopic (exact) mass is 504 g/mol. The van der Waals surface area contributed by atoms with E-state index in [1.165, 1.54) is 0 Å². The highest BCUT2D eigenvalue weighted by atomic mass is 35.7. The molecule has 0 saturated carbocycles. The van der Waals surface area contributed by atoms with Gasteiger partial charge in [0.25, 0.3) is 8.32 Å². The zero-order valence-electron chi connectivity index (χ0n) is 18.4. The van der Waals surface area contributed by atoms with Gasteiger partial charge in [0.15, 0.2) is 8.32 Å². The molecule has 0 aromatic heterocycles. The first-order valence-electron chi connectivity index (χ1n) is 10.9. The van der Waals surface area contributed by atoms with E-state index in [4.69, 9.17) is 30.4 Å². The third-order valence-corrected chi connectivity index (χ3v) is 21.0. The van der Waals surface area contributed by atoms with Crippen molar-refractivity contribution in [1.82, 2.24) is 0 Å². The average Bonchev–Trinajstić information content (AvgIpc) is 2.83. The number of hydrogen-bond acceptors (Lipinski definition) is 2. The van der Waals surface area contributed by atoms with Crippen LogP contribution >= 0.6 is 22.2 Å². The van der Waals surface area contributed by atoms with Crippen molar-refractivity contribution in [3.8, 4) is 0 Å². The van der Waals surface area contributed by atoms with Gasteiger partial charge in [-0.05, 0) is 33.7 Å². The summed E-state index contributed by atoms with van der Waals surface area (Å²) in [4.78, 5) is 0. The molecule has 164 valence electrons. The van der Waals surface area contributed by atoms with Crippen LogP contribution in [0.1, 0.15) is 20.8 Å². The lowest BCUT2D eigenvalue weighted by atomic mass is 10.3. The smallest absolute Gasteiger partial charge is 0.414 e. The van der Waals surface area contributed by atoms with Crippen LogP contribution in [0, 0.1) is 0 Å². The fourth-order valence-corrected chi connectivity index (χ4v) is 20.8. The molecule has 0 saturated heterocycles. The maximum atomic E-state index is 7.02. The highest BCUT2D eigenvalue weighted by Gasteiger charge is 2.53. The molecule has 0 spiro atoms. The fraction of sp³-hybridized carbons (Fsp3) is 0.250. The van der Waals surface area contributed by atoms with Gasteiger partial charge in [0.1, 0.15) is 0 Å². The molecule has 0 atom stereocenters. The predicted octanol–water partition coefficient (Wildman–Crippen LogP) is 5.61. The van der Waals surface area contributed by atoms with Crippen molar-refractivity contribution in [2.45, 2.75) is 38.9 Å². The summed E-state index contributed by atoms with van der Waals surface area (Å²) in [6, 6.07) is 33.9. The lowest BCUT2D eigenvalue weighted by Gasteiger charge is -2.40. The molecular weight excluding hydrogens is 475 g/mol. The normalized spacial score (nSPS) is 12.7.